The van der Waals surface area contributed by atoms with Crippen molar-refractivity contribution in [3.63, 3.8) is 0 Å². The quantitative estimate of drug-likeness (QED) is 0.844. The van der Waals surface area contributed by atoms with Gasteiger partial charge in [-0.1, -0.05) is 6.07 Å². The average Bonchev–Trinajstić information content (AvgIpc) is 3.04. The number of nitrogens with zero attached hydrogens (tertiary/aromatic N) is 3. The Morgan fingerprint density at radius 2 is 2.08 bits per heavy atom. The summed E-state index contributed by atoms with van der Waals surface area (Å²) in [5.74, 6) is 1.08. The predicted molar refractivity (Wildman–Crippen MR) is 89.2 cm³/mol. The van der Waals surface area contributed by atoms with Crippen molar-refractivity contribution in [1.82, 2.24) is 14.9 Å². The van der Waals surface area contributed by atoms with E-state index in [0.29, 0.717) is 30.4 Å². The van der Waals surface area contributed by atoms with Gasteiger partial charge in [0, 0.05) is 37.5 Å². The van der Waals surface area contributed by atoms with Gasteiger partial charge in [0.1, 0.15) is 6.10 Å². The van der Waals surface area contributed by atoms with Gasteiger partial charge in [0.2, 0.25) is 11.8 Å². The van der Waals surface area contributed by atoms with Crippen LogP contribution in [0.3, 0.4) is 0 Å². The minimum absolute atomic E-state index is 0.0274. The van der Waals surface area contributed by atoms with Gasteiger partial charge in [0.25, 0.3) is 5.91 Å². The Morgan fingerprint density at radius 3 is 2.75 bits per heavy atom. The highest BCUT2D eigenvalue weighted by molar-refractivity contribution is 5.94. The summed E-state index contributed by atoms with van der Waals surface area (Å²) in [5.41, 5.74) is 0.560. The topological polar surface area (TPSA) is 64.5 Å². The molecule has 0 aromatic carbocycles. The molecule has 1 saturated heterocycles. The predicted octanol–water partition coefficient (Wildman–Crippen LogP) is 2.56. The fourth-order valence-corrected chi connectivity index (χ4v) is 2.60. The maximum atomic E-state index is 12.6. The summed E-state index contributed by atoms with van der Waals surface area (Å²) in [6.07, 6.45) is 4.08. The van der Waals surface area contributed by atoms with E-state index in [2.05, 4.69) is 9.97 Å². The summed E-state index contributed by atoms with van der Waals surface area (Å²) < 4.78 is 11.3. The Balaban J connectivity index is 1.58. The van der Waals surface area contributed by atoms with Crippen LogP contribution in [-0.4, -0.2) is 46.1 Å². The van der Waals surface area contributed by atoms with Crippen LogP contribution in [0, 0.1) is 0 Å². The molecule has 0 saturated carbocycles. The van der Waals surface area contributed by atoms with Crippen molar-refractivity contribution in [3.05, 3.63) is 48.3 Å². The van der Waals surface area contributed by atoms with Crippen LogP contribution in [0.5, 0.6) is 11.8 Å². The number of hydrogen-bond acceptors (Lipinski definition) is 5. The molecule has 1 aliphatic heterocycles. The zero-order valence-electron chi connectivity index (χ0n) is 13.9. The molecule has 1 aliphatic rings. The number of carbonyl (C=O) groups excluding carboxylic acids is 1. The highest BCUT2D eigenvalue weighted by atomic mass is 16.5. The van der Waals surface area contributed by atoms with Crippen LogP contribution in [-0.2, 0) is 0 Å². The van der Waals surface area contributed by atoms with Crippen molar-refractivity contribution in [3.8, 4) is 11.8 Å². The molecule has 0 spiro atoms. The number of aromatic nitrogens is 2. The molecule has 1 amide bonds. The first-order valence-corrected chi connectivity index (χ1v) is 8.11. The lowest BCUT2D eigenvalue weighted by molar-refractivity contribution is 0.0770. The van der Waals surface area contributed by atoms with E-state index in [0.717, 1.165) is 6.42 Å². The van der Waals surface area contributed by atoms with Crippen molar-refractivity contribution in [2.24, 2.45) is 0 Å². The summed E-state index contributed by atoms with van der Waals surface area (Å²) in [6, 6.07) is 9.02. The van der Waals surface area contributed by atoms with E-state index in [4.69, 9.17) is 9.47 Å². The summed E-state index contributed by atoms with van der Waals surface area (Å²) in [5, 5.41) is 0. The minimum atomic E-state index is -0.0364. The number of pyridine rings is 2. The van der Waals surface area contributed by atoms with Gasteiger partial charge in [-0.25, -0.2) is 9.97 Å². The standard InChI is InChI=1S/C18H21N3O3/c1-13(2)23-17-7-6-14(11-20-17)18(22)21-10-8-15(12-21)24-16-5-3-4-9-19-16/h3-7,9,11,13,15H,8,10,12H2,1-2H3. The van der Waals surface area contributed by atoms with Crippen molar-refractivity contribution >= 4 is 5.91 Å². The number of hydrogen-bond donors (Lipinski definition) is 0. The van der Waals surface area contributed by atoms with Crippen LogP contribution in [0.4, 0.5) is 0 Å². The molecular weight excluding hydrogens is 306 g/mol. The summed E-state index contributed by atoms with van der Waals surface area (Å²) >= 11 is 0. The lowest BCUT2D eigenvalue weighted by Gasteiger charge is -2.17. The normalized spacial score (nSPS) is 17.1. The maximum absolute atomic E-state index is 12.6. The van der Waals surface area contributed by atoms with E-state index in [1.165, 1.54) is 0 Å². The Hall–Kier alpha value is -2.63. The van der Waals surface area contributed by atoms with Gasteiger partial charge < -0.3 is 14.4 Å². The number of carbonyl (C=O) groups is 1. The van der Waals surface area contributed by atoms with Crippen molar-refractivity contribution in [1.29, 1.82) is 0 Å². The third-order valence-corrected chi connectivity index (χ3v) is 3.70. The van der Waals surface area contributed by atoms with Crippen molar-refractivity contribution < 1.29 is 14.3 Å². The molecule has 6 heteroatoms. The van der Waals surface area contributed by atoms with Gasteiger partial charge in [-0.2, -0.15) is 0 Å². The molecule has 0 bridgehead atoms. The molecule has 24 heavy (non-hydrogen) atoms. The number of amides is 1. The van der Waals surface area contributed by atoms with Crippen LogP contribution < -0.4 is 9.47 Å². The Kier molecular flexibility index (Phi) is 4.93. The zero-order valence-corrected chi connectivity index (χ0v) is 13.9. The second-order valence-corrected chi connectivity index (χ2v) is 6.00. The van der Waals surface area contributed by atoms with Crippen LogP contribution in [0.25, 0.3) is 0 Å². The van der Waals surface area contributed by atoms with Crippen molar-refractivity contribution in [2.45, 2.75) is 32.5 Å². The third-order valence-electron chi connectivity index (χ3n) is 3.70. The average molecular weight is 327 g/mol. The molecule has 126 valence electrons. The smallest absolute Gasteiger partial charge is 0.255 e. The van der Waals surface area contributed by atoms with Crippen LogP contribution in [0.15, 0.2) is 42.7 Å². The van der Waals surface area contributed by atoms with Gasteiger partial charge >= 0.3 is 0 Å². The number of ether oxygens (including phenoxy) is 2. The Labute approximate surface area is 141 Å². The van der Waals surface area contributed by atoms with E-state index in [9.17, 15) is 4.79 Å². The zero-order chi connectivity index (χ0) is 16.9. The molecule has 6 nitrogen and oxygen atoms in total. The molecule has 3 rings (SSSR count). The first-order valence-electron chi connectivity index (χ1n) is 8.11. The molecule has 1 unspecified atom stereocenters. The van der Waals surface area contributed by atoms with Crippen LogP contribution in [0.2, 0.25) is 0 Å². The van der Waals surface area contributed by atoms with E-state index < -0.39 is 0 Å². The van der Waals surface area contributed by atoms with E-state index >= 15 is 0 Å². The highest BCUT2D eigenvalue weighted by Crippen LogP contribution is 2.19. The molecule has 0 N–H and O–H groups in total. The van der Waals surface area contributed by atoms with Crippen LogP contribution in [0.1, 0.15) is 30.6 Å². The van der Waals surface area contributed by atoms with Crippen LogP contribution >= 0.6 is 0 Å². The minimum Gasteiger partial charge on any atom is -0.475 e. The highest BCUT2D eigenvalue weighted by Gasteiger charge is 2.28. The summed E-state index contributed by atoms with van der Waals surface area (Å²) in [6.45, 7) is 5.10. The molecular formula is C18H21N3O3. The Bertz CT molecular complexity index is 674. The van der Waals surface area contributed by atoms with Gasteiger partial charge in [0.15, 0.2) is 0 Å². The molecule has 1 fully saturated rings. The summed E-state index contributed by atoms with van der Waals surface area (Å²) in [7, 11) is 0. The summed E-state index contributed by atoms with van der Waals surface area (Å²) in [4.78, 5) is 22.7. The van der Waals surface area contributed by atoms with Gasteiger partial charge in [-0.15, -0.1) is 0 Å². The molecule has 0 radical (unpaired) electrons. The molecule has 1 atom stereocenters. The van der Waals surface area contributed by atoms with Crippen molar-refractivity contribution in [2.75, 3.05) is 13.1 Å². The number of likely N-dealkylation sites (tertiary alicyclic amines) is 1. The third kappa shape index (κ3) is 4.01. The first kappa shape index (κ1) is 16.2. The van der Waals surface area contributed by atoms with Gasteiger partial charge in [0.05, 0.1) is 18.2 Å². The lowest BCUT2D eigenvalue weighted by atomic mass is 10.2. The SMILES string of the molecule is CC(C)Oc1ccc(C(=O)N2CCC(Oc3ccccn3)C2)cn1. The first-order chi connectivity index (χ1) is 11.6. The maximum Gasteiger partial charge on any atom is 0.255 e. The lowest BCUT2D eigenvalue weighted by Crippen LogP contribution is -2.31. The second kappa shape index (κ2) is 7.29. The molecule has 2 aromatic rings. The molecule has 0 aliphatic carbocycles. The fourth-order valence-electron chi connectivity index (χ4n) is 2.60. The van der Waals surface area contributed by atoms with Gasteiger partial charge in [-0.05, 0) is 26.0 Å². The van der Waals surface area contributed by atoms with E-state index in [-0.39, 0.29) is 18.1 Å². The fraction of sp³-hybridized carbons (Fsp3) is 0.389. The molecule has 2 aromatic heterocycles. The number of rotatable bonds is 5. The monoisotopic (exact) mass is 327 g/mol. The van der Waals surface area contributed by atoms with E-state index in [1.54, 1.807) is 29.4 Å². The molecule has 3 heterocycles. The van der Waals surface area contributed by atoms with Gasteiger partial charge in [-0.3, -0.25) is 4.79 Å². The second-order valence-electron chi connectivity index (χ2n) is 6.00. The largest absolute Gasteiger partial charge is 0.475 e. The Morgan fingerprint density at radius 1 is 1.21 bits per heavy atom. The van der Waals surface area contributed by atoms with E-state index in [1.807, 2.05) is 32.0 Å².